The summed E-state index contributed by atoms with van der Waals surface area (Å²) in [4.78, 5) is 16.9. The Bertz CT molecular complexity index is 997. The van der Waals surface area contributed by atoms with Gasteiger partial charge >= 0.3 is 0 Å². The van der Waals surface area contributed by atoms with Gasteiger partial charge in [-0.05, 0) is 40.8 Å². The summed E-state index contributed by atoms with van der Waals surface area (Å²) in [6.07, 6.45) is 1.34. The van der Waals surface area contributed by atoms with Gasteiger partial charge in [0.25, 0.3) is 5.91 Å². The highest BCUT2D eigenvalue weighted by Gasteiger charge is 2.17. The normalized spacial score (nSPS) is 10.9. The minimum absolute atomic E-state index is 0.113. The van der Waals surface area contributed by atoms with Gasteiger partial charge in [-0.2, -0.15) is 4.68 Å². The van der Waals surface area contributed by atoms with E-state index in [1.807, 2.05) is 24.3 Å². The second-order valence-electron chi connectivity index (χ2n) is 4.86. The monoisotopic (exact) mass is 340 g/mol. The molecule has 0 atom stereocenters. The number of hydrogen-bond donors (Lipinski definition) is 1. The SMILES string of the molecule is O=C(Nc1nc2ccccc2s1)c1cc(F)ccc1-n1cnnn1. The standard InChI is InChI=1S/C15H9FN6OS/c16-9-5-6-12(22-8-17-20-21-22)10(7-9)14(23)19-15-18-11-3-1-2-4-13(11)24-15/h1-8H,(H,18,19,23). The highest BCUT2D eigenvalue weighted by Crippen LogP contribution is 2.26. The molecule has 0 saturated heterocycles. The molecule has 24 heavy (non-hydrogen) atoms. The van der Waals surface area contributed by atoms with Crippen molar-refractivity contribution in [2.24, 2.45) is 0 Å². The van der Waals surface area contributed by atoms with Crippen LogP contribution in [0.2, 0.25) is 0 Å². The zero-order valence-corrected chi connectivity index (χ0v) is 12.9. The molecule has 4 aromatic rings. The van der Waals surface area contributed by atoms with E-state index in [-0.39, 0.29) is 5.56 Å². The van der Waals surface area contributed by atoms with Crippen LogP contribution >= 0.6 is 11.3 Å². The Morgan fingerprint density at radius 1 is 1.21 bits per heavy atom. The minimum Gasteiger partial charge on any atom is -0.298 e. The molecule has 2 aromatic carbocycles. The van der Waals surface area contributed by atoms with Gasteiger partial charge in [-0.25, -0.2) is 9.37 Å². The predicted octanol–water partition coefficient (Wildman–Crippen LogP) is 2.66. The Morgan fingerprint density at radius 3 is 2.88 bits per heavy atom. The molecule has 0 saturated carbocycles. The van der Waals surface area contributed by atoms with E-state index in [2.05, 4.69) is 25.8 Å². The predicted molar refractivity (Wildman–Crippen MR) is 86.7 cm³/mol. The second kappa shape index (κ2) is 5.78. The van der Waals surface area contributed by atoms with Crippen LogP contribution in [0.25, 0.3) is 15.9 Å². The fourth-order valence-corrected chi connectivity index (χ4v) is 3.11. The van der Waals surface area contributed by atoms with Gasteiger partial charge < -0.3 is 0 Å². The van der Waals surface area contributed by atoms with E-state index >= 15 is 0 Å². The molecule has 0 aliphatic carbocycles. The third-order valence-corrected chi connectivity index (χ3v) is 4.27. The topological polar surface area (TPSA) is 85.6 Å². The smallest absolute Gasteiger partial charge is 0.259 e. The first kappa shape index (κ1) is 14.4. The van der Waals surface area contributed by atoms with Crippen LogP contribution in [0.5, 0.6) is 0 Å². The molecule has 2 heterocycles. The number of hydrogen-bond acceptors (Lipinski definition) is 6. The molecule has 7 nitrogen and oxygen atoms in total. The van der Waals surface area contributed by atoms with Crippen LogP contribution in [0.3, 0.4) is 0 Å². The van der Waals surface area contributed by atoms with Gasteiger partial charge in [0.1, 0.15) is 12.1 Å². The molecule has 0 radical (unpaired) electrons. The number of nitrogens with one attached hydrogen (secondary N) is 1. The van der Waals surface area contributed by atoms with Gasteiger partial charge in [0, 0.05) is 0 Å². The molecule has 0 fully saturated rings. The van der Waals surface area contributed by atoms with E-state index in [9.17, 15) is 9.18 Å². The molecule has 0 unspecified atom stereocenters. The van der Waals surface area contributed by atoms with Crippen LogP contribution in [-0.4, -0.2) is 31.1 Å². The highest BCUT2D eigenvalue weighted by molar-refractivity contribution is 7.22. The van der Waals surface area contributed by atoms with Crippen molar-refractivity contribution in [3.05, 3.63) is 60.2 Å². The zero-order valence-electron chi connectivity index (χ0n) is 12.0. The zero-order chi connectivity index (χ0) is 16.5. The lowest BCUT2D eigenvalue weighted by atomic mass is 10.1. The molecule has 4 rings (SSSR count). The maximum Gasteiger partial charge on any atom is 0.259 e. The summed E-state index contributed by atoms with van der Waals surface area (Å²) in [5, 5.41) is 13.9. The number of thiazole rings is 1. The van der Waals surface area contributed by atoms with E-state index in [0.29, 0.717) is 10.8 Å². The highest BCUT2D eigenvalue weighted by atomic mass is 32.1. The van der Waals surface area contributed by atoms with Gasteiger partial charge in [0.2, 0.25) is 0 Å². The Morgan fingerprint density at radius 2 is 2.08 bits per heavy atom. The van der Waals surface area contributed by atoms with Crippen LogP contribution < -0.4 is 5.32 Å². The first-order chi connectivity index (χ1) is 11.7. The fraction of sp³-hybridized carbons (Fsp3) is 0. The average Bonchev–Trinajstić information content (AvgIpc) is 3.23. The lowest BCUT2D eigenvalue weighted by Crippen LogP contribution is -2.15. The number of amides is 1. The fourth-order valence-electron chi connectivity index (χ4n) is 2.25. The first-order valence-corrected chi connectivity index (χ1v) is 7.72. The molecule has 0 spiro atoms. The maximum atomic E-state index is 13.6. The van der Waals surface area contributed by atoms with Gasteiger partial charge in [0.05, 0.1) is 21.5 Å². The number of rotatable bonds is 3. The van der Waals surface area contributed by atoms with E-state index in [1.165, 1.54) is 34.5 Å². The summed E-state index contributed by atoms with van der Waals surface area (Å²) in [6.45, 7) is 0. The summed E-state index contributed by atoms with van der Waals surface area (Å²) >= 11 is 1.34. The number of nitrogens with zero attached hydrogens (tertiary/aromatic N) is 5. The molecule has 9 heteroatoms. The number of benzene rings is 2. The molecule has 2 aromatic heterocycles. The van der Waals surface area contributed by atoms with Gasteiger partial charge in [-0.3, -0.25) is 10.1 Å². The molecule has 1 amide bonds. The summed E-state index contributed by atoms with van der Waals surface area (Å²) in [5.41, 5.74) is 1.28. The Balaban J connectivity index is 1.70. The number of carbonyl (C=O) groups excluding carboxylic acids is 1. The van der Waals surface area contributed by atoms with E-state index in [1.54, 1.807) is 0 Å². The summed E-state index contributed by atoms with van der Waals surface area (Å²) in [5.74, 6) is -1.01. The Kier molecular flexibility index (Phi) is 3.47. The summed E-state index contributed by atoms with van der Waals surface area (Å²) in [6, 6.07) is 11.4. The summed E-state index contributed by atoms with van der Waals surface area (Å²) in [7, 11) is 0. The van der Waals surface area contributed by atoms with Gasteiger partial charge in [0.15, 0.2) is 5.13 Å². The van der Waals surface area contributed by atoms with Crippen LogP contribution in [0, 0.1) is 5.82 Å². The van der Waals surface area contributed by atoms with Crippen LogP contribution in [0.4, 0.5) is 9.52 Å². The summed E-state index contributed by atoms with van der Waals surface area (Å²) < 4.78 is 15.9. The third-order valence-electron chi connectivity index (χ3n) is 3.31. The molecule has 0 aliphatic rings. The van der Waals surface area contributed by atoms with Crippen LogP contribution in [-0.2, 0) is 0 Å². The van der Waals surface area contributed by atoms with Crippen LogP contribution in [0.1, 0.15) is 10.4 Å². The van der Waals surface area contributed by atoms with Crippen molar-refractivity contribution >= 4 is 32.6 Å². The van der Waals surface area contributed by atoms with Crippen molar-refractivity contribution in [3.63, 3.8) is 0 Å². The number of carbonyl (C=O) groups is 1. The van der Waals surface area contributed by atoms with E-state index in [0.717, 1.165) is 16.3 Å². The number of aromatic nitrogens is 5. The third kappa shape index (κ3) is 2.61. The second-order valence-corrected chi connectivity index (χ2v) is 5.89. The number of tetrazole rings is 1. The molecular formula is C15H9FN6OS. The molecule has 1 N–H and O–H groups in total. The Labute approximate surface area is 138 Å². The van der Waals surface area contributed by atoms with Crippen LogP contribution in [0.15, 0.2) is 48.8 Å². The van der Waals surface area contributed by atoms with E-state index in [4.69, 9.17) is 0 Å². The van der Waals surface area contributed by atoms with Gasteiger partial charge in [-0.1, -0.05) is 23.5 Å². The molecule has 118 valence electrons. The maximum absolute atomic E-state index is 13.6. The van der Waals surface area contributed by atoms with Crippen molar-refractivity contribution in [3.8, 4) is 5.69 Å². The average molecular weight is 340 g/mol. The van der Waals surface area contributed by atoms with Crippen molar-refractivity contribution in [2.45, 2.75) is 0 Å². The first-order valence-electron chi connectivity index (χ1n) is 6.90. The molecule has 0 bridgehead atoms. The Hall–Kier alpha value is -3.20. The van der Waals surface area contributed by atoms with Crippen molar-refractivity contribution in [1.82, 2.24) is 25.2 Å². The van der Waals surface area contributed by atoms with E-state index < -0.39 is 11.7 Å². The minimum atomic E-state index is -0.527. The quantitative estimate of drug-likeness (QED) is 0.620. The number of halogens is 1. The molecule has 0 aliphatic heterocycles. The van der Waals surface area contributed by atoms with Crippen molar-refractivity contribution in [1.29, 1.82) is 0 Å². The lowest BCUT2D eigenvalue weighted by Gasteiger charge is -2.08. The number of anilines is 1. The largest absolute Gasteiger partial charge is 0.298 e. The van der Waals surface area contributed by atoms with Crippen molar-refractivity contribution < 1.29 is 9.18 Å². The number of para-hydroxylation sites is 1. The van der Waals surface area contributed by atoms with Crippen molar-refractivity contribution in [2.75, 3.05) is 5.32 Å². The number of fused-ring (bicyclic) bond motifs is 1. The molecular weight excluding hydrogens is 331 g/mol. The van der Waals surface area contributed by atoms with Gasteiger partial charge in [-0.15, -0.1) is 5.10 Å². The lowest BCUT2D eigenvalue weighted by molar-refractivity contribution is 0.102.